The lowest BCUT2D eigenvalue weighted by molar-refractivity contribution is 0.0475. The third-order valence-corrected chi connectivity index (χ3v) is 5.34. The van der Waals surface area contributed by atoms with Crippen molar-refractivity contribution >= 4 is 34.3 Å². The van der Waals surface area contributed by atoms with Crippen LogP contribution >= 0.6 is 11.6 Å². The van der Waals surface area contributed by atoms with Crippen LogP contribution in [0.3, 0.4) is 0 Å². The van der Waals surface area contributed by atoms with E-state index in [4.69, 9.17) is 21.3 Å². The summed E-state index contributed by atoms with van der Waals surface area (Å²) in [5.74, 6) is -0.743. The molecule has 0 saturated carbocycles. The van der Waals surface area contributed by atoms with E-state index in [-0.39, 0.29) is 12.4 Å². The molecule has 1 heterocycles. The first kappa shape index (κ1) is 18.6. The lowest BCUT2D eigenvalue weighted by atomic mass is 9.97. The van der Waals surface area contributed by atoms with Crippen LogP contribution in [0.2, 0.25) is 5.02 Å². The van der Waals surface area contributed by atoms with Crippen LogP contribution in [-0.2, 0) is 17.6 Å². The quantitative estimate of drug-likeness (QED) is 0.347. The fourth-order valence-electron chi connectivity index (χ4n) is 3.73. The first-order valence-electron chi connectivity index (χ1n) is 9.50. The fourth-order valence-corrected chi connectivity index (χ4v) is 3.92. The van der Waals surface area contributed by atoms with Crippen LogP contribution in [0.15, 0.2) is 48.5 Å². The summed E-state index contributed by atoms with van der Waals surface area (Å²) >= 11 is 5.94. The molecule has 5 heteroatoms. The number of aryl methyl sites for hydroxylation is 1. The molecular formula is C23H20ClNO3. The van der Waals surface area contributed by atoms with Crippen LogP contribution in [0.5, 0.6) is 0 Å². The van der Waals surface area contributed by atoms with E-state index in [9.17, 15) is 9.59 Å². The molecule has 0 radical (unpaired) electrons. The van der Waals surface area contributed by atoms with Crippen molar-refractivity contribution in [2.75, 3.05) is 6.61 Å². The molecule has 4 rings (SSSR count). The molecule has 28 heavy (non-hydrogen) atoms. The Morgan fingerprint density at radius 2 is 1.82 bits per heavy atom. The predicted octanol–water partition coefficient (Wildman–Crippen LogP) is 5.20. The molecule has 0 saturated heterocycles. The third kappa shape index (κ3) is 3.78. The Hall–Kier alpha value is -2.72. The number of carbonyl (C=O) groups is 2. The van der Waals surface area contributed by atoms with Gasteiger partial charge in [-0.3, -0.25) is 9.78 Å². The second-order valence-electron chi connectivity index (χ2n) is 7.00. The number of hydrogen-bond acceptors (Lipinski definition) is 4. The molecule has 0 fully saturated rings. The van der Waals surface area contributed by atoms with Gasteiger partial charge in [-0.25, -0.2) is 4.79 Å². The summed E-state index contributed by atoms with van der Waals surface area (Å²) in [6.45, 7) is -0.315. The van der Waals surface area contributed by atoms with Crippen LogP contribution in [0.1, 0.15) is 51.2 Å². The van der Waals surface area contributed by atoms with Crippen molar-refractivity contribution in [3.8, 4) is 0 Å². The minimum absolute atomic E-state index is 0.277. The van der Waals surface area contributed by atoms with Crippen molar-refractivity contribution in [1.29, 1.82) is 0 Å². The summed E-state index contributed by atoms with van der Waals surface area (Å²) in [4.78, 5) is 30.2. The zero-order valence-electron chi connectivity index (χ0n) is 15.4. The Balaban J connectivity index is 1.65. The van der Waals surface area contributed by atoms with Gasteiger partial charge in [0.2, 0.25) is 0 Å². The van der Waals surface area contributed by atoms with Gasteiger partial charge in [0.05, 0.1) is 11.1 Å². The molecule has 142 valence electrons. The van der Waals surface area contributed by atoms with Gasteiger partial charge in [-0.05, 0) is 49.4 Å². The topological polar surface area (TPSA) is 56.3 Å². The third-order valence-electron chi connectivity index (χ3n) is 5.10. The molecular weight excluding hydrogens is 374 g/mol. The number of carbonyl (C=O) groups excluding carboxylic acids is 2. The summed E-state index contributed by atoms with van der Waals surface area (Å²) < 4.78 is 5.44. The lowest BCUT2D eigenvalue weighted by Crippen LogP contribution is -2.17. The molecule has 1 aliphatic carbocycles. The largest absolute Gasteiger partial charge is 0.454 e. The van der Waals surface area contributed by atoms with E-state index < -0.39 is 5.97 Å². The Kier molecular flexibility index (Phi) is 5.40. The molecule has 0 amide bonds. The monoisotopic (exact) mass is 393 g/mol. The second-order valence-corrected chi connectivity index (χ2v) is 7.44. The molecule has 0 unspecified atom stereocenters. The summed E-state index contributed by atoms with van der Waals surface area (Å²) in [6, 6.07) is 14.2. The number of aromatic nitrogens is 1. The molecule has 0 spiro atoms. The molecule has 0 atom stereocenters. The maximum atomic E-state index is 13.0. The van der Waals surface area contributed by atoms with Crippen LogP contribution < -0.4 is 0 Å². The molecule has 2 aromatic carbocycles. The molecule has 3 aromatic rings. The number of nitrogens with zero attached hydrogens (tertiary/aromatic N) is 1. The van der Waals surface area contributed by atoms with E-state index in [1.54, 1.807) is 24.3 Å². The minimum atomic E-state index is -0.466. The average Bonchev–Trinajstić information content (AvgIpc) is 2.95. The van der Waals surface area contributed by atoms with E-state index in [1.165, 1.54) is 0 Å². The number of benzene rings is 2. The molecule has 0 bridgehead atoms. The molecule has 0 aliphatic heterocycles. The van der Waals surface area contributed by atoms with Crippen LogP contribution in [0.25, 0.3) is 10.9 Å². The second kappa shape index (κ2) is 8.11. The maximum Gasteiger partial charge on any atom is 0.339 e. The summed E-state index contributed by atoms with van der Waals surface area (Å²) in [5, 5.41) is 1.26. The SMILES string of the molecule is O=C(COC(=O)c1c2c(nc3ccccc13)CCCCC2)c1cccc(Cl)c1. The number of para-hydroxylation sites is 1. The number of rotatable bonds is 4. The normalized spacial score (nSPS) is 13.6. The minimum Gasteiger partial charge on any atom is -0.454 e. The Labute approximate surface area is 168 Å². The van der Waals surface area contributed by atoms with Crippen molar-refractivity contribution in [3.63, 3.8) is 0 Å². The van der Waals surface area contributed by atoms with Gasteiger partial charge in [0, 0.05) is 21.7 Å². The fraction of sp³-hybridized carbons (Fsp3) is 0.261. The average molecular weight is 394 g/mol. The summed E-state index contributed by atoms with van der Waals surface area (Å²) in [5.41, 5.74) is 3.72. The zero-order valence-corrected chi connectivity index (χ0v) is 16.2. The first-order valence-corrected chi connectivity index (χ1v) is 9.87. The highest BCUT2D eigenvalue weighted by molar-refractivity contribution is 6.31. The smallest absolute Gasteiger partial charge is 0.339 e. The van der Waals surface area contributed by atoms with Gasteiger partial charge in [0.15, 0.2) is 12.4 Å². The number of ether oxygens (including phenoxy) is 1. The van der Waals surface area contributed by atoms with E-state index >= 15 is 0 Å². The number of halogens is 1. The van der Waals surface area contributed by atoms with E-state index in [0.29, 0.717) is 16.1 Å². The van der Waals surface area contributed by atoms with Gasteiger partial charge in [-0.15, -0.1) is 0 Å². The highest BCUT2D eigenvalue weighted by Crippen LogP contribution is 2.29. The Bertz CT molecular complexity index is 1060. The number of hydrogen-bond donors (Lipinski definition) is 0. The first-order chi connectivity index (χ1) is 13.6. The summed E-state index contributed by atoms with van der Waals surface area (Å²) in [6.07, 6.45) is 4.88. The predicted molar refractivity (Wildman–Crippen MR) is 109 cm³/mol. The van der Waals surface area contributed by atoms with E-state index in [0.717, 1.165) is 54.3 Å². The highest BCUT2D eigenvalue weighted by atomic mass is 35.5. The van der Waals surface area contributed by atoms with Gasteiger partial charge < -0.3 is 4.74 Å². The Morgan fingerprint density at radius 1 is 1.00 bits per heavy atom. The van der Waals surface area contributed by atoms with Crippen molar-refractivity contribution in [2.24, 2.45) is 0 Å². The van der Waals surface area contributed by atoms with Gasteiger partial charge >= 0.3 is 5.97 Å². The molecule has 0 N–H and O–H groups in total. The van der Waals surface area contributed by atoms with Crippen LogP contribution in [-0.4, -0.2) is 23.3 Å². The van der Waals surface area contributed by atoms with Crippen LogP contribution in [0, 0.1) is 0 Å². The molecule has 1 aliphatic rings. The zero-order chi connectivity index (χ0) is 19.5. The van der Waals surface area contributed by atoms with Gasteiger partial charge in [0.25, 0.3) is 0 Å². The number of ketones is 1. The van der Waals surface area contributed by atoms with Gasteiger partial charge in [-0.1, -0.05) is 48.4 Å². The van der Waals surface area contributed by atoms with Crippen LogP contribution in [0.4, 0.5) is 0 Å². The van der Waals surface area contributed by atoms with Crippen molar-refractivity contribution in [2.45, 2.75) is 32.1 Å². The molecule has 4 nitrogen and oxygen atoms in total. The number of Topliss-reactive ketones (excluding diaryl/α,β-unsaturated/α-hetero) is 1. The molecule has 1 aromatic heterocycles. The standard InChI is InChI=1S/C23H20ClNO3/c24-16-8-6-7-15(13-16)21(26)14-28-23(27)22-17-9-2-1-3-11-19(17)25-20-12-5-4-10-18(20)22/h4-8,10,12-13H,1-3,9,11,14H2. The van der Waals surface area contributed by atoms with Crippen molar-refractivity contribution in [1.82, 2.24) is 4.98 Å². The van der Waals surface area contributed by atoms with Gasteiger partial charge in [-0.2, -0.15) is 0 Å². The number of esters is 1. The number of pyridine rings is 1. The highest BCUT2D eigenvalue weighted by Gasteiger charge is 2.23. The Morgan fingerprint density at radius 3 is 2.68 bits per heavy atom. The van der Waals surface area contributed by atoms with Crippen molar-refractivity contribution < 1.29 is 14.3 Å². The lowest BCUT2D eigenvalue weighted by Gasteiger charge is -2.14. The summed E-state index contributed by atoms with van der Waals surface area (Å²) in [7, 11) is 0. The number of fused-ring (bicyclic) bond motifs is 2. The van der Waals surface area contributed by atoms with E-state index in [2.05, 4.69) is 0 Å². The van der Waals surface area contributed by atoms with Gasteiger partial charge in [0.1, 0.15) is 0 Å². The maximum absolute atomic E-state index is 13.0. The van der Waals surface area contributed by atoms with E-state index in [1.807, 2.05) is 24.3 Å². The van der Waals surface area contributed by atoms with Crippen molar-refractivity contribution in [3.05, 3.63) is 75.9 Å².